The van der Waals surface area contributed by atoms with Crippen molar-refractivity contribution in [1.29, 1.82) is 0 Å². The van der Waals surface area contributed by atoms with E-state index in [-0.39, 0.29) is 5.75 Å². The Morgan fingerprint density at radius 1 is 0.938 bits per heavy atom. The number of aromatic hydroxyl groups is 1. The summed E-state index contributed by atoms with van der Waals surface area (Å²) < 4.78 is 12.8. The molecule has 0 saturated carbocycles. The smallest absolute Gasteiger partial charge is 0.126 e. The molecular weight excluding hydrogens is 203 g/mol. The van der Waals surface area contributed by atoms with Gasteiger partial charge in [0, 0.05) is 11.6 Å². The van der Waals surface area contributed by atoms with Crippen molar-refractivity contribution in [2.75, 3.05) is 0 Å². The van der Waals surface area contributed by atoms with Crippen LogP contribution in [0.3, 0.4) is 0 Å². The van der Waals surface area contributed by atoms with Crippen LogP contribution in [-0.4, -0.2) is 5.11 Å². The van der Waals surface area contributed by atoms with Gasteiger partial charge in [0.05, 0.1) is 0 Å². The first-order valence-corrected chi connectivity index (χ1v) is 5.14. The van der Waals surface area contributed by atoms with Crippen LogP contribution in [0.15, 0.2) is 36.4 Å². The zero-order valence-corrected chi connectivity index (χ0v) is 9.29. The predicted octanol–water partition coefficient (Wildman–Crippen LogP) is 3.82. The maximum absolute atomic E-state index is 12.8. The Hall–Kier alpha value is -1.83. The van der Waals surface area contributed by atoms with Crippen LogP contribution in [0.4, 0.5) is 4.39 Å². The van der Waals surface area contributed by atoms with Crippen LogP contribution < -0.4 is 0 Å². The molecule has 0 spiro atoms. The van der Waals surface area contributed by atoms with Crippen LogP contribution >= 0.6 is 0 Å². The molecule has 82 valence electrons. The molecular formula is C14H13FO. The Morgan fingerprint density at radius 2 is 1.69 bits per heavy atom. The maximum atomic E-state index is 12.8. The number of rotatable bonds is 1. The highest BCUT2D eigenvalue weighted by Crippen LogP contribution is 2.30. The van der Waals surface area contributed by atoms with Gasteiger partial charge in [0.25, 0.3) is 0 Å². The van der Waals surface area contributed by atoms with Crippen LogP contribution in [0.25, 0.3) is 11.1 Å². The Bertz CT molecular complexity index is 532. The van der Waals surface area contributed by atoms with Gasteiger partial charge in [-0.1, -0.05) is 18.2 Å². The molecule has 0 aliphatic heterocycles. The highest BCUT2D eigenvalue weighted by molar-refractivity contribution is 5.70. The molecule has 0 aliphatic carbocycles. The standard InChI is InChI=1S/C14H13FO/c1-9-3-4-11(7-10(9)2)13-6-5-12(15)8-14(13)16/h3-8,16H,1-2H3. The van der Waals surface area contributed by atoms with Gasteiger partial charge in [0.2, 0.25) is 0 Å². The molecule has 0 atom stereocenters. The second-order valence-electron chi connectivity index (χ2n) is 3.96. The van der Waals surface area contributed by atoms with Gasteiger partial charge in [-0.3, -0.25) is 0 Å². The van der Waals surface area contributed by atoms with Gasteiger partial charge in [-0.05, 0) is 42.7 Å². The molecule has 0 unspecified atom stereocenters. The molecule has 0 fully saturated rings. The third-order valence-corrected chi connectivity index (χ3v) is 2.78. The summed E-state index contributed by atoms with van der Waals surface area (Å²) >= 11 is 0. The number of hydrogen-bond donors (Lipinski definition) is 1. The number of halogens is 1. The van der Waals surface area contributed by atoms with Crippen molar-refractivity contribution in [2.24, 2.45) is 0 Å². The van der Waals surface area contributed by atoms with E-state index < -0.39 is 5.82 Å². The van der Waals surface area contributed by atoms with E-state index in [2.05, 4.69) is 0 Å². The fraction of sp³-hybridized carbons (Fsp3) is 0.143. The Kier molecular flexibility index (Phi) is 2.65. The largest absolute Gasteiger partial charge is 0.507 e. The van der Waals surface area contributed by atoms with Crippen molar-refractivity contribution in [3.8, 4) is 16.9 Å². The van der Waals surface area contributed by atoms with Gasteiger partial charge < -0.3 is 5.11 Å². The molecule has 0 saturated heterocycles. The van der Waals surface area contributed by atoms with Gasteiger partial charge in [0.15, 0.2) is 0 Å². The summed E-state index contributed by atoms with van der Waals surface area (Å²) in [5.74, 6) is -0.451. The summed E-state index contributed by atoms with van der Waals surface area (Å²) in [6.07, 6.45) is 0. The first-order chi connectivity index (χ1) is 7.58. The second kappa shape index (κ2) is 3.97. The van der Waals surface area contributed by atoms with E-state index >= 15 is 0 Å². The van der Waals surface area contributed by atoms with Crippen molar-refractivity contribution < 1.29 is 9.50 Å². The Balaban J connectivity index is 2.54. The quantitative estimate of drug-likeness (QED) is 0.768. The molecule has 0 amide bonds. The summed E-state index contributed by atoms with van der Waals surface area (Å²) in [5.41, 5.74) is 3.91. The van der Waals surface area contributed by atoms with E-state index in [1.165, 1.54) is 11.6 Å². The van der Waals surface area contributed by atoms with E-state index in [1.54, 1.807) is 6.07 Å². The lowest BCUT2D eigenvalue weighted by atomic mass is 10.00. The third-order valence-electron chi connectivity index (χ3n) is 2.78. The Morgan fingerprint density at radius 3 is 2.31 bits per heavy atom. The minimum Gasteiger partial charge on any atom is -0.507 e. The van der Waals surface area contributed by atoms with Gasteiger partial charge in [0.1, 0.15) is 11.6 Å². The molecule has 1 nitrogen and oxygen atoms in total. The number of benzene rings is 2. The lowest BCUT2D eigenvalue weighted by Crippen LogP contribution is -1.85. The lowest BCUT2D eigenvalue weighted by molar-refractivity contribution is 0.471. The molecule has 2 aromatic carbocycles. The highest BCUT2D eigenvalue weighted by Gasteiger charge is 2.06. The zero-order valence-electron chi connectivity index (χ0n) is 9.29. The predicted molar refractivity (Wildman–Crippen MR) is 63.0 cm³/mol. The first-order valence-electron chi connectivity index (χ1n) is 5.14. The SMILES string of the molecule is Cc1ccc(-c2ccc(F)cc2O)cc1C. The van der Waals surface area contributed by atoms with Crippen LogP contribution in [0, 0.1) is 19.7 Å². The molecule has 2 aromatic rings. The lowest BCUT2D eigenvalue weighted by Gasteiger charge is -2.07. The monoisotopic (exact) mass is 216 g/mol. The summed E-state index contributed by atoms with van der Waals surface area (Å²) in [4.78, 5) is 0. The second-order valence-corrected chi connectivity index (χ2v) is 3.96. The molecule has 0 bridgehead atoms. The molecule has 2 rings (SSSR count). The summed E-state index contributed by atoms with van der Waals surface area (Å²) in [5, 5.41) is 9.66. The number of hydrogen-bond acceptors (Lipinski definition) is 1. The molecule has 0 aromatic heterocycles. The molecule has 0 aliphatic rings. The Labute approximate surface area is 94.2 Å². The van der Waals surface area contributed by atoms with Gasteiger partial charge >= 0.3 is 0 Å². The van der Waals surface area contributed by atoms with Gasteiger partial charge in [-0.15, -0.1) is 0 Å². The van der Waals surface area contributed by atoms with Crippen molar-refractivity contribution in [1.82, 2.24) is 0 Å². The normalized spacial score (nSPS) is 10.4. The molecule has 0 heterocycles. The van der Waals surface area contributed by atoms with E-state index in [1.807, 2.05) is 32.0 Å². The van der Waals surface area contributed by atoms with Crippen LogP contribution in [0.2, 0.25) is 0 Å². The number of aryl methyl sites for hydroxylation is 2. The summed E-state index contributed by atoms with van der Waals surface area (Å²) in [6.45, 7) is 4.04. The molecule has 16 heavy (non-hydrogen) atoms. The third kappa shape index (κ3) is 1.91. The molecule has 1 N–H and O–H groups in total. The van der Waals surface area contributed by atoms with Gasteiger partial charge in [-0.25, -0.2) is 4.39 Å². The molecule has 2 heteroatoms. The zero-order chi connectivity index (χ0) is 11.7. The average Bonchev–Trinajstić information content (AvgIpc) is 2.22. The van der Waals surface area contributed by atoms with Crippen molar-refractivity contribution >= 4 is 0 Å². The van der Waals surface area contributed by atoms with Crippen LogP contribution in [-0.2, 0) is 0 Å². The maximum Gasteiger partial charge on any atom is 0.126 e. The minimum atomic E-state index is -0.426. The topological polar surface area (TPSA) is 20.2 Å². The number of phenols is 1. The number of phenolic OH excluding ortho intramolecular Hbond substituents is 1. The highest BCUT2D eigenvalue weighted by atomic mass is 19.1. The first kappa shape index (κ1) is 10.7. The fourth-order valence-electron chi connectivity index (χ4n) is 1.66. The van der Waals surface area contributed by atoms with Crippen LogP contribution in [0.5, 0.6) is 5.75 Å². The minimum absolute atomic E-state index is 0.0248. The summed E-state index contributed by atoms with van der Waals surface area (Å²) in [7, 11) is 0. The molecule has 0 radical (unpaired) electrons. The van der Waals surface area contributed by atoms with E-state index in [4.69, 9.17) is 0 Å². The van der Waals surface area contributed by atoms with Crippen molar-refractivity contribution in [3.63, 3.8) is 0 Å². The van der Waals surface area contributed by atoms with Crippen molar-refractivity contribution in [3.05, 3.63) is 53.3 Å². The van der Waals surface area contributed by atoms with E-state index in [9.17, 15) is 9.50 Å². The van der Waals surface area contributed by atoms with Crippen molar-refractivity contribution in [2.45, 2.75) is 13.8 Å². The van der Waals surface area contributed by atoms with E-state index in [0.29, 0.717) is 5.56 Å². The average molecular weight is 216 g/mol. The van der Waals surface area contributed by atoms with E-state index in [0.717, 1.165) is 17.2 Å². The van der Waals surface area contributed by atoms with Crippen LogP contribution in [0.1, 0.15) is 11.1 Å². The van der Waals surface area contributed by atoms with Gasteiger partial charge in [-0.2, -0.15) is 0 Å². The summed E-state index contributed by atoms with van der Waals surface area (Å²) in [6, 6.07) is 9.98. The fourth-order valence-corrected chi connectivity index (χ4v) is 1.66.